The van der Waals surface area contributed by atoms with E-state index in [0.717, 1.165) is 54.2 Å². The number of benzene rings is 2. The Morgan fingerprint density at radius 2 is 1.74 bits per heavy atom. The first kappa shape index (κ1) is 35.2. The third kappa shape index (κ3) is 6.76. The second-order valence-corrected chi connectivity index (χ2v) is 16.4. The van der Waals surface area contributed by atoms with Gasteiger partial charge in [0.25, 0.3) is 0 Å². The quantitative estimate of drug-likeness (QED) is 0.173. The molecule has 0 saturated heterocycles. The molecule has 3 aliphatic rings. The van der Waals surface area contributed by atoms with E-state index in [9.17, 15) is 24.3 Å². The monoisotopic (exact) mass is 675 g/mol. The number of allylic oxidation sites excluding steroid dienone is 7. The summed E-state index contributed by atoms with van der Waals surface area (Å²) in [5, 5.41) is 9.46. The molecule has 5 rings (SSSR count). The number of fused-ring (bicyclic) bond motifs is 2. The van der Waals surface area contributed by atoms with Gasteiger partial charge < -0.3 is 19.8 Å². The van der Waals surface area contributed by atoms with Crippen LogP contribution in [-0.4, -0.2) is 50.0 Å². The average molecular weight is 676 g/mol. The summed E-state index contributed by atoms with van der Waals surface area (Å²) >= 11 is 1.63. The number of hydrogen-bond donors (Lipinski definition) is 3. The number of rotatable bonds is 10. The third-order valence-electron chi connectivity index (χ3n) is 9.81. The van der Waals surface area contributed by atoms with Crippen LogP contribution in [0.2, 0.25) is 0 Å². The van der Waals surface area contributed by atoms with Gasteiger partial charge in [0.15, 0.2) is 5.71 Å². The van der Waals surface area contributed by atoms with Gasteiger partial charge in [-0.05, 0) is 101 Å². The van der Waals surface area contributed by atoms with E-state index in [-0.39, 0.29) is 17.1 Å². The van der Waals surface area contributed by atoms with Crippen LogP contribution in [0.1, 0.15) is 83.9 Å². The van der Waals surface area contributed by atoms with E-state index in [1.165, 1.54) is 39.7 Å². The van der Waals surface area contributed by atoms with E-state index in [0.29, 0.717) is 5.75 Å². The predicted molar refractivity (Wildman–Crippen MR) is 195 cm³/mol. The molecule has 0 aromatic heterocycles. The minimum atomic E-state index is -4.39. The number of carboxylic acids is 1. The number of anilines is 1. The highest BCUT2D eigenvalue weighted by Crippen LogP contribution is 2.49. The molecule has 0 fully saturated rings. The lowest BCUT2D eigenvalue weighted by atomic mass is 9.80. The fraction of sp³-hybridized carbons (Fsp3) is 0.421. The van der Waals surface area contributed by atoms with Gasteiger partial charge in [-0.3, -0.25) is 9.36 Å². The number of likely N-dealkylation sites (N-methyl/N-ethyl adjacent to an activating group) is 1. The molecule has 47 heavy (non-hydrogen) atoms. The number of nitrogens with zero attached hydrogens (tertiary/aromatic N) is 2. The molecule has 0 amide bonds. The zero-order chi connectivity index (χ0) is 34.3. The van der Waals surface area contributed by atoms with Gasteiger partial charge in [-0.1, -0.05) is 37.6 Å². The van der Waals surface area contributed by atoms with Gasteiger partial charge >= 0.3 is 13.6 Å². The summed E-state index contributed by atoms with van der Waals surface area (Å²) < 4.78 is 14.5. The van der Waals surface area contributed by atoms with Crippen molar-refractivity contribution in [1.82, 2.24) is 0 Å². The number of thioether (sulfide) groups is 1. The smallest absolute Gasteiger partial charge is 0.356 e. The van der Waals surface area contributed by atoms with Crippen molar-refractivity contribution in [3.05, 3.63) is 99.1 Å². The highest BCUT2D eigenvalue weighted by Gasteiger charge is 2.44. The molecule has 1 aliphatic carbocycles. The van der Waals surface area contributed by atoms with E-state index in [4.69, 9.17) is 0 Å². The summed E-state index contributed by atoms with van der Waals surface area (Å²) in [6.45, 7) is 16.8. The second-order valence-electron chi connectivity index (χ2n) is 13.7. The fourth-order valence-electron chi connectivity index (χ4n) is 7.32. The van der Waals surface area contributed by atoms with E-state index < -0.39 is 19.0 Å². The van der Waals surface area contributed by atoms with Gasteiger partial charge in [-0.15, -0.1) is 11.8 Å². The normalized spacial score (nSPS) is 20.6. The van der Waals surface area contributed by atoms with Crippen LogP contribution in [0.4, 0.5) is 11.4 Å². The minimum Gasteiger partial charge on any atom is -0.481 e. The Morgan fingerprint density at radius 3 is 2.40 bits per heavy atom. The van der Waals surface area contributed by atoms with Crippen molar-refractivity contribution in [2.24, 2.45) is 0 Å². The van der Waals surface area contributed by atoms with Gasteiger partial charge in [0, 0.05) is 51.7 Å². The predicted octanol–water partition coefficient (Wildman–Crippen LogP) is 8.02. The molecule has 3 N–H and O–H groups in total. The first-order valence-electron chi connectivity index (χ1n) is 16.5. The highest BCUT2D eigenvalue weighted by atomic mass is 32.2. The number of carboxylic acid groups (broad SMARTS) is 1. The van der Waals surface area contributed by atoms with Crippen LogP contribution in [-0.2, 0) is 20.2 Å². The van der Waals surface area contributed by atoms with Gasteiger partial charge in [0.1, 0.15) is 6.54 Å². The molecule has 2 aromatic carbocycles. The topological polar surface area (TPSA) is 101 Å². The van der Waals surface area contributed by atoms with Crippen molar-refractivity contribution in [2.75, 3.05) is 23.7 Å². The molecule has 0 radical (unpaired) electrons. The van der Waals surface area contributed by atoms with Crippen molar-refractivity contribution >= 4 is 47.7 Å². The van der Waals surface area contributed by atoms with E-state index >= 15 is 0 Å². The summed E-state index contributed by atoms with van der Waals surface area (Å²) in [6.07, 6.45) is 11.8. The SMILES string of the molecule is CCN1/C(=C/C=C2\CCCC(/C=C/C3=[N+](CC)c4ccc(C)cc4C3(C)C)=C2SCCC(=O)O)C(C)(C)c2cc(P(=O)(O)O)ccc21. The number of carbonyl (C=O) groups is 1. The largest absolute Gasteiger partial charge is 0.481 e. The molecule has 2 aliphatic heterocycles. The van der Waals surface area contributed by atoms with Crippen molar-refractivity contribution in [1.29, 1.82) is 0 Å². The maximum Gasteiger partial charge on any atom is 0.356 e. The zero-order valence-corrected chi connectivity index (χ0v) is 30.3. The highest BCUT2D eigenvalue weighted by molar-refractivity contribution is 8.03. The molecule has 0 saturated carbocycles. The Balaban J connectivity index is 1.56. The Labute approximate surface area is 283 Å². The molecule has 250 valence electrons. The Kier molecular flexibility index (Phi) is 10.0. The summed E-state index contributed by atoms with van der Waals surface area (Å²) in [4.78, 5) is 34.6. The van der Waals surface area contributed by atoms with Crippen LogP contribution in [0, 0.1) is 6.92 Å². The molecule has 0 bridgehead atoms. The maximum atomic E-state index is 12.1. The Bertz CT molecular complexity index is 1810. The van der Waals surface area contributed by atoms with Crippen LogP contribution >= 0.6 is 19.4 Å². The molecule has 0 spiro atoms. The lowest BCUT2D eigenvalue weighted by molar-refractivity contribution is -0.433. The standard InChI is InChI=1S/C38H47N2O5PS/c1-8-39-31-17-13-25(3)23-29(31)37(4,5)33(39)19-14-26-11-10-12-27(36(26)47-22-21-35(41)42)15-20-34-38(6,7)30-24-28(46(43,44)45)16-18-32(30)40(34)9-2/h13-20,23-24H,8-12,21-22H2,1-7H3,(H2-,41,42,43,44,45)/p+1. The van der Waals surface area contributed by atoms with E-state index in [1.54, 1.807) is 17.8 Å². The first-order chi connectivity index (χ1) is 22.1. The molecular weight excluding hydrogens is 627 g/mol. The molecular formula is C38H48N2O5PS+. The van der Waals surface area contributed by atoms with Crippen LogP contribution in [0.5, 0.6) is 0 Å². The Morgan fingerprint density at radius 1 is 1.00 bits per heavy atom. The zero-order valence-electron chi connectivity index (χ0n) is 28.6. The van der Waals surface area contributed by atoms with Gasteiger partial charge in [-0.25, -0.2) is 0 Å². The molecule has 0 unspecified atom stereocenters. The van der Waals surface area contributed by atoms with Gasteiger partial charge in [0.05, 0.1) is 17.1 Å². The lowest BCUT2D eigenvalue weighted by Crippen LogP contribution is -2.27. The third-order valence-corrected chi connectivity index (χ3v) is 12.0. The first-order valence-corrected chi connectivity index (χ1v) is 19.1. The summed E-state index contributed by atoms with van der Waals surface area (Å²) in [5.74, 6) is -0.306. The van der Waals surface area contributed by atoms with Gasteiger partial charge in [-0.2, -0.15) is 4.58 Å². The maximum absolute atomic E-state index is 12.1. The minimum absolute atomic E-state index is 0.0342. The molecule has 7 nitrogen and oxygen atoms in total. The summed E-state index contributed by atoms with van der Waals surface area (Å²) in [6, 6.07) is 11.7. The summed E-state index contributed by atoms with van der Waals surface area (Å²) in [7, 11) is -4.39. The van der Waals surface area contributed by atoms with E-state index in [2.05, 4.69) is 100 Å². The number of aliphatic carboxylic acids is 1. The second kappa shape index (κ2) is 13.4. The van der Waals surface area contributed by atoms with E-state index in [1.807, 2.05) is 6.07 Å². The van der Waals surface area contributed by atoms with Crippen molar-refractivity contribution < 1.29 is 28.8 Å². The van der Waals surface area contributed by atoms with Crippen molar-refractivity contribution in [3.63, 3.8) is 0 Å². The van der Waals surface area contributed by atoms with Crippen molar-refractivity contribution in [3.8, 4) is 0 Å². The van der Waals surface area contributed by atoms with Crippen LogP contribution in [0.15, 0.2) is 82.5 Å². The van der Waals surface area contributed by atoms with Crippen molar-refractivity contribution in [2.45, 2.75) is 85.0 Å². The van der Waals surface area contributed by atoms with Crippen LogP contribution < -0.4 is 10.2 Å². The average Bonchev–Trinajstić information content (AvgIpc) is 3.36. The number of aryl methyl sites for hydroxylation is 1. The van der Waals surface area contributed by atoms with Crippen LogP contribution in [0.25, 0.3) is 0 Å². The molecule has 2 heterocycles. The van der Waals surface area contributed by atoms with Gasteiger partial charge in [0.2, 0.25) is 5.69 Å². The molecule has 9 heteroatoms. The molecule has 2 aromatic rings. The summed E-state index contributed by atoms with van der Waals surface area (Å²) in [5.41, 5.74) is 9.87. The fourth-order valence-corrected chi connectivity index (χ4v) is 9.08. The lowest BCUT2D eigenvalue weighted by Gasteiger charge is -2.26. The Hall–Kier alpha value is -3.16. The number of hydrogen-bond acceptors (Lipinski definition) is 4. The van der Waals surface area contributed by atoms with Crippen LogP contribution in [0.3, 0.4) is 0 Å². The molecule has 0 atom stereocenters.